The summed E-state index contributed by atoms with van der Waals surface area (Å²) in [6.07, 6.45) is 1.91. The molecule has 0 amide bonds. The fourth-order valence-corrected chi connectivity index (χ4v) is 6.00. The Balaban J connectivity index is 2.49. The predicted molar refractivity (Wildman–Crippen MR) is 90.7 cm³/mol. The molecule has 0 N–H and O–H groups in total. The molecule has 0 bridgehead atoms. The molecule has 1 fully saturated rings. The first kappa shape index (κ1) is 17.2. The Hall–Kier alpha value is -0.203. The van der Waals surface area contributed by atoms with E-state index in [-0.39, 0.29) is 11.2 Å². The van der Waals surface area contributed by atoms with Crippen molar-refractivity contribution in [3.05, 3.63) is 28.7 Å². The van der Waals surface area contributed by atoms with E-state index in [1.807, 2.05) is 31.2 Å². The summed E-state index contributed by atoms with van der Waals surface area (Å²) in [5.74, 6) is 0. The molecule has 0 unspecified atom stereocenters. The highest BCUT2D eigenvalue weighted by molar-refractivity contribution is 9.10. The fraction of sp³-hybridized carbons (Fsp3) is 0.625. The van der Waals surface area contributed by atoms with E-state index >= 15 is 0 Å². The van der Waals surface area contributed by atoms with Crippen LogP contribution in [0.15, 0.2) is 28.7 Å². The van der Waals surface area contributed by atoms with Gasteiger partial charge in [0.25, 0.3) is 0 Å². The van der Waals surface area contributed by atoms with E-state index in [0.29, 0.717) is 6.61 Å². The zero-order chi connectivity index (χ0) is 15.7. The smallest absolute Gasteiger partial charge is 0.370 e. The average Bonchev–Trinajstić information content (AvgIpc) is 2.45. The minimum Gasteiger partial charge on any atom is -0.370 e. The molecule has 1 heterocycles. The average molecular weight is 373 g/mol. The van der Waals surface area contributed by atoms with E-state index < -0.39 is 8.80 Å². The van der Waals surface area contributed by atoms with Crippen molar-refractivity contribution in [3.8, 4) is 0 Å². The van der Waals surface area contributed by atoms with Crippen LogP contribution in [0.2, 0.25) is 0 Å². The van der Waals surface area contributed by atoms with Gasteiger partial charge in [0.2, 0.25) is 0 Å². The van der Waals surface area contributed by atoms with Crippen molar-refractivity contribution in [1.29, 1.82) is 0 Å². The van der Waals surface area contributed by atoms with Gasteiger partial charge in [-0.2, -0.15) is 0 Å². The second-order valence-electron chi connectivity index (χ2n) is 6.72. The third-order valence-electron chi connectivity index (χ3n) is 3.68. The Bertz CT molecular complexity index is 467. The second kappa shape index (κ2) is 6.12. The van der Waals surface area contributed by atoms with Crippen LogP contribution < -0.4 is 5.19 Å². The molecule has 1 saturated heterocycles. The fourth-order valence-electron chi connectivity index (χ4n) is 2.56. The van der Waals surface area contributed by atoms with Crippen molar-refractivity contribution >= 4 is 29.9 Å². The summed E-state index contributed by atoms with van der Waals surface area (Å²) in [5.41, 5.74) is -0.496. The van der Waals surface area contributed by atoms with Crippen LogP contribution in [0.1, 0.15) is 47.5 Å². The lowest BCUT2D eigenvalue weighted by atomic mass is 9.94. The lowest BCUT2D eigenvalue weighted by molar-refractivity contribution is -0.0115. The van der Waals surface area contributed by atoms with Gasteiger partial charge in [-0.15, -0.1) is 0 Å². The molecule has 0 spiro atoms. The van der Waals surface area contributed by atoms with Crippen LogP contribution >= 0.6 is 15.9 Å². The van der Waals surface area contributed by atoms with Gasteiger partial charge in [-0.05, 0) is 59.6 Å². The van der Waals surface area contributed by atoms with Gasteiger partial charge in [0, 0.05) is 16.3 Å². The van der Waals surface area contributed by atoms with E-state index in [1.165, 1.54) is 0 Å². The standard InChI is InChI=1S/C16H25BrO3Si/c1-6-18-21(14-9-7-13(17)8-10-14)19-15(2,3)11-12-16(4,5)20-21/h7-10H,6,11-12H2,1-5H3. The summed E-state index contributed by atoms with van der Waals surface area (Å²) in [6.45, 7) is 11.1. The summed E-state index contributed by atoms with van der Waals surface area (Å²) in [7, 11) is -2.92. The Labute approximate surface area is 137 Å². The largest absolute Gasteiger partial charge is 0.538 e. The molecule has 118 valence electrons. The summed E-state index contributed by atoms with van der Waals surface area (Å²) >= 11 is 3.48. The minimum atomic E-state index is -2.92. The number of hydrogen-bond acceptors (Lipinski definition) is 3. The molecule has 3 nitrogen and oxygen atoms in total. The van der Waals surface area contributed by atoms with Crippen LogP contribution in [0.3, 0.4) is 0 Å². The lowest BCUT2D eigenvalue weighted by Gasteiger charge is -2.37. The molecule has 1 aliphatic rings. The molecule has 1 aromatic carbocycles. The molecule has 0 atom stereocenters. The van der Waals surface area contributed by atoms with Crippen LogP contribution in [0, 0.1) is 0 Å². The van der Waals surface area contributed by atoms with Gasteiger partial charge in [-0.1, -0.05) is 28.1 Å². The molecule has 0 aromatic heterocycles. The monoisotopic (exact) mass is 372 g/mol. The van der Waals surface area contributed by atoms with Crippen molar-refractivity contribution in [3.63, 3.8) is 0 Å². The predicted octanol–water partition coefficient (Wildman–Crippen LogP) is 4.02. The summed E-state index contributed by atoms with van der Waals surface area (Å²) in [6, 6.07) is 8.12. The zero-order valence-electron chi connectivity index (χ0n) is 13.5. The van der Waals surface area contributed by atoms with Crippen LogP contribution in [0.5, 0.6) is 0 Å². The van der Waals surface area contributed by atoms with Gasteiger partial charge in [0.1, 0.15) is 0 Å². The van der Waals surface area contributed by atoms with Crippen LogP contribution in [0.25, 0.3) is 0 Å². The van der Waals surface area contributed by atoms with Crippen molar-refractivity contribution in [2.45, 2.75) is 58.7 Å². The first-order chi connectivity index (χ1) is 9.68. The van der Waals surface area contributed by atoms with Crippen LogP contribution in [-0.4, -0.2) is 26.6 Å². The Kier molecular flexibility index (Phi) is 5.00. The van der Waals surface area contributed by atoms with E-state index in [1.54, 1.807) is 0 Å². The maximum atomic E-state index is 6.47. The molecular formula is C16H25BrO3Si. The van der Waals surface area contributed by atoms with E-state index in [0.717, 1.165) is 22.5 Å². The molecule has 0 saturated carbocycles. The van der Waals surface area contributed by atoms with Crippen molar-refractivity contribution < 1.29 is 13.3 Å². The van der Waals surface area contributed by atoms with E-state index in [4.69, 9.17) is 13.3 Å². The van der Waals surface area contributed by atoms with Crippen LogP contribution in [-0.2, 0) is 13.3 Å². The van der Waals surface area contributed by atoms with Gasteiger partial charge >= 0.3 is 8.80 Å². The number of halogens is 1. The summed E-state index contributed by atoms with van der Waals surface area (Å²) in [4.78, 5) is 0. The second-order valence-corrected chi connectivity index (χ2v) is 10.0. The summed E-state index contributed by atoms with van der Waals surface area (Å²) in [5, 5.41) is 1.02. The third-order valence-corrected chi connectivity index (χ3v) is 7.56. The maximum Gasteiger partial charge on any atom is 0.538 e. The minimum absolute atomic E-state index is 0.248. The molecule has 5 heteroatoms. The molecule has 0 aliphatic carbocycles. The molecule has 1 aromatic rings. The molecule has 21 heavy (non-hydrogen) atoms. The van der Waals surface area contributed by atoms with Gasteiger partial charge in [0.05, 0.1) is 11.2 Å². The Morgan fingerprint density at radius 3 is 1.95 bits per heavy atom. The van der Waals surface area contributed by atoms with Gasteiger partial charge in [0.15, 0.2) is 0 Å². The van der Waals surface area contributed by atoms with Crippen LogP contribution in [0.4, 0.5) is 0 Å². The number of hydrogen-bond donors (Lipinski definition) is 0. The van der Waals surface area contributed by atoms with E-state index in [2.05, 4.69) is 43.6 Å². The van der Waals surface area contributed by atoms with Crippen molar-refractivity contribution in [2.75, 3.05) is 6.61 Å². The highest BCUT2D eigenvalue weighted by Gasteiger charge is 2.53. The Morgan fingerprint density at radius 1 is 1.05 bits per heavy atom. The highest BCUT2D eigenvalue weighted by atomic mass is 79.9. The first-order valence-corrected chi connectivity index (χ1v) is 10.0. The summed E-state index contributed by atoms with van der Waals surface area (Å²) < 4.78 is 20.1. The first-order valence-electron chi connectivity index (χ1n) is 7.48. The SMILES string of the molecule is CCO[Si]1(c2ccc(Br)cc2)OC(C)(C)CCC(C)(C)O1. The normalized spacial score (nSPS) is 23.5. The number of rotatable bonds is 3. The zero-order valence-corrected chi connectivity index (χ0v) is 16.1. The molecule has 0 radical (unpaired) electrons. The van der Waals surface area contributed by atoms with Gasteiger partial charge in [-0.3, -0.25) is 0 Å². The quantitative estimate of drug-likeness (QED) is 0.750. The van der Waals surface area contributed by atoms with Gasteiger partial charge < -0.3 is 13.3 Å². The third kappa shape index (κ3) is 4.17. The molecule has 2 rings (SSSR count). The van der Waals surface area contributed by atoms with Crippen molar-refractivity contribution in [2.24, 2.45) is 0 Å². The topological polar surface area (TPSA) is 27.7 Å². The van der Waals surface area contributed by atoms with Gasteiger partial charge in [-0.25, -0.2) is 0 Å². The maximum absolute atomic E-state index is 6.47. The lowest BCUT2D eigenvalue weighted by Crippen LogP contribution is -2.61. The number of benzene rings is 1. The Morgan fingerprint density at radius 2 is 1.52 bits per heavy atom. The van der Waals surface area contributed by atoms with E-state index in [9.17, 15) is 0 Å². The molecular weight excluding hydrogens is 348 g/mol. The van der Waals surface area contributed by atoms with Crippen molar-refractivity contribution in [1.82, 2.24) is 0 Å². The highest BCUT2D eigenvalue weighted by Crippen LogP contribution is 2.35. The molecule has 1 aliphatic heterocycles.